The van der Waals surface area contributed by atoms with Crippen LogP contribution in [0.2, 0.25) is 0 Å². The van der Waals surface area contributed by atoms with E-state index in [1.54, 1.807) is 12.2 Å². The number of ketones is 1. The molecule has 0 aromatic rings. The molecule has 0 aliphatic heterocycles. The molecule has 0 spiro atoms. The van der Waals surface area contributed by atoms with Gasteiger partial charge in [0.15, 0.2) is 11.5 Å². The lowest BCUT2D eigenvalue weighted by atomic mass is 9.46. The molecule has 1 N–H and O–H groups in total. The fourth-order valence-electron chi connectivity index (χ4n) is 6.94. The Bertz CT molecular complexity index is 739. The molecule has 0 radical (unpaired) electrons. The second-order valence-corrected chi connectivity index (χ2v) is 13.2. The zero-order chi connectivity index (χ0) is 20.4. The molecule has 3 fully saturated rings. The topological polar surface area (TPSA) is 37.3 Å². The first-order chi connectivity index (χ1) is 13.2. The minimum absolute atomic E-state index is 0.0401. The van der Waals surface area contributed by atoms with Crippen LogP contribution >= 0.6 is 35.3 Å². The summed E-state index contributed by atoms with van der Waals surface area (Å²) in [6.07, 6.45) is 12.3. The van der Waals surface area contributed by atoms with Crippen molar-refractivity contribution in [2.75, 3.05) is 17.6 Å². The average molecular weight is 443 g/mol. The summed E-state index contributed by atoms with van der Waals surface area (Å²) in [5, 5.41) is 12.4. The third-order valence-corrected chi connectivity index (χ3v) is 13.2. The van der Waals surface area contributed by atoms with Crippen molar-refractivity contribution in [3.63, 3.8) is 0 Å². The third kappa shape index (κ3) is 2.56. The molecule has 0 aromatic carbocycles. The van der Waals surface area contributed by atoms with E-state index in [0.717, 1.165) is 36.3 Å². The first kappa shape index (κ1) is 21.3. The largest absolute Gasteiger partial charge is 0.390 e. The van der Waals surface area contributed by atoms with Gasteiger partial charge in [0.25, 0.3) is 0 Å². The van der Waals surface area contributed by atoms with E-state index in [1.807, 2.05) is 42.2 Å². The predicted octanol–water partition coefficient (Wildman–Crippen LogP) is 5.47. The molecule has 4 aliphatic carbocycles. The van der Waals surface area contributed by atoms with Crippen molar-refractivity contribution in [3.05, 3.63) is 23.8 Å². The molecule has 28 heavy (non-hydrogen) atoms. The number of alkyl halides is 1. The van der Waals surface area contributed by atoms with Gasteiger partial charge in [-0.2, -0.15) is 11.8 Å². The van der Waals surface area contributed by atoms with Crippen LogP contribution in [0.3, 0.4) is 0 Å². The first-order valence-electron chi connectivity index (χ1n) is 10.2. The standard InChI is InChI=1S/C22H31FO2S3/c1-19-9-7-15(24)11-14(19)5-6-17-16-8-10-21(27-4,28-13-26-3)20(16,2)12-18(25)22(17,19)23/h7,9,11,16-18,25H,5-6,8,10,12-13H2,1-4H3/t16-,17-,18-,19-,20-,21+,22-/m0/s1. The molecule has 4 aliphatic rings. The molecular weight excluding hydrogens is 411 g/mol. The van der Waals surface area contributed by atoms with Gasteiger partial charge in [-0.1, -0.05) is 18.6 Å². The number of hydrogen-bond donors (Lipinski definition) is 1. The van der Waals surface area contributed by atoms with Crippen LogP contribution < -0.4 is 0 Å². The third-order valence-electron chi connectivity index (χ3n) is 8.43. The molecule has 156 valence electrons. The molecule has 3 saturated carbocycles. The quantitative estimate of drug-likeness (QED) is 0.584. The number of carbonyl (C=O) groups excluding carboxylic acids is 1. The summed E-state index contributed by atoms with van der Waals surface area (Å²) in [5.41, 5.74) is -1.79. The summed E-state index contributed by atoms with van der Waals surface area (Å²) in [5.74, 6) is 0.0534. The Morgan fingerprint density at radius 3 is 2.68 bits per heavy atom. The van der Waals surface area contributed by atoms with E-state index in [2.05, 4.69) is 19.4 Å². The highest BCUT2D eigenvalue weighted by Crippen LogP contribution is 2.73. The molecule has 0 heterocycles. The molecule has 2 nitrogen and oxygen atoms in total. The Morgan fingerprint density at radius 2 is 2.00 bits per heavy atom. The lowest BCUT2D eigenvalue weighted by molar-refractivity contribution is -0.189. The van der Waals surface area contributed by atoms with Gasteiger partial charge in [-0.05, 0) is 75.0 Å². The summed E-state index contributed by atoms with van der Waals surface area (Å²) in [6.45, 7) is 4.21. The molecule has 4 rings (SSSR count). The van der Waals surface area contributed by atoms with Crippen LogP contribution in [0.25, 0.3) is 0 Å². The zero-order valence-corrected chi connectivity index (χ0v) is 19.6. The van der Waals surface area contributed by atoms with Crippen molar-refractivity contribution in [2.45, 2.75) is 61.8 Å². The van der Waals surface area contributed by atoms with Gasteiger partial charge in [0.1, 0.15) is 0 Å². The maximum absolute atomic E-state index is 17.0. The zero-order valence-electron chi connectivity index (χ0n) is 17.2. The van der Waals surface area contributed by atoms with Gasteiger partial charge in [-0.3, -0.25) is 4.79 Å². The molecule has 0 saturated heterocycles. The Balaban J connectivity index is 1.76. The Hall–Kier alpha value is 0.0900. The molecule has 6 heteroatoms. The van der Waals surface area contributed by atoms with E-state index < -0.39 is 17.2 Å². The lowest BCUT2D eigenvalue weighted by Gasteiger charge is -2.63. The normalized spacial score (nSPS) is 50.0. The van der Waals surface area contributed by atoms with Crippen LogP contribution in [-0.2, 0) is 4.79 Å². The number of fused-ring (bicyclic) bond motifs is 5. The Morgan fingerprint density at radius 1 is 1.25 bits per heavy atom. The number of rotatable bonds is 4. The summed E-state index contributed by atoms with van der Waals surface area (Å²) in [7, 11) is 0. The number of allylic oxidation sites excluding steroid dienone is 4. The van der Waals surface area contributed by atoms with E-state index in [0.29, 0.717) is 6.42 Å². The summed E-state index contributed by atoms with van der Waals surface area (Å²) >= 11 is 5.76. The van der Waals surface area contributed by atoms with E-state index in [1.165, 1.54) is 6.08 Å². The van der Waals surface area contributed by atoms with Crippen molar-refractivity contribution in [2.24, 2.45) is 22.7 Å². The minimum atomic E-state index is -1.70. The molecule has 7 atom stereocenters. The number of halogens is 1. The predicted molar refractivity (Wildman–Crippen MR) is 121 cm³/mol. The van der Waals surface area contributed by atoms with Gasteiger partial charge in [0.05, 0.1) is 10.2 Å². The van der Waals surface area contributed by atoms with Crippen molar-refractivity contribution in [1.29, 1.82) is 0 Å². The second kappa shape index (κ2) is 7.06. The summed E-state index contributed by atoms with van der Waals surface area (Å²) in [6, 6.07) is 0. The van der Waals surface area contributed by atoms with Gasteiger partial charge in [-0.25, -0.2) is 4.39 Å². The molecular formula is C22H31FO2S3. The second-order valence-electron chi connectivity index (χ2n) is 9.31. The number of thioether (sulfide) groups is 3. The Labute approximate surface area is 180 Å². The van der Waals surface area contributed by atoms with Gasteiger partial charge in [0, 0.05) is 16.4 Å². The van der Waals surface area contributed by atoms with E-state index in [-0.39, 0.29) is 27.1 Å². The summed E-state index contributed by atoms with van der Waals surface area (Å²) < 4.78 is 17.0. The highest BCUT2D eigenvalue weighted by atomic mass is 32.2. The monoisotopic (exact) mass is 442 g/mol. The van der Waals surface area contributed by atoms with E-state index in [9.17, 15) is 9.90 Å². The number of carbonyl (C=O) groups is 1. The van der Waals surface area contributed by atoms with Gasteiger partial charge < -0.3 is 5.11 Å². The maximum Gasteiger partial charge on any atom is 0.178 e. The highest BCUT2D eigenvalue weighted by molar-refractivity contribution is 8.24. The smallest absolute Gasteiger partial charge is 0.178 e. The maximum atomic E-state index is 17.0. The highest BCUT2D eigenvalue weighted by Gasteiger charge is 2.73. The fraction of sp³-hybridized carbons (Fsp3) is 0.773. The number of aliphatic hydroxyl groups is 1. The number of hydrogen-bond acceptors (Lipinski definition) is 5. The Kier molecular flexibility index (Phi) is 5.38. The minimum Gasteiger partial charge on any atom is -0.390 e. The van der Waals surface area contributed by atoms with Crippen molar-refractivity contribution < 1.29 is 14.3 Å². The molecule has 0 unspecified atom stereocenters. The number of aliphatic hydroxyl groups excluding tert-OH is 1. The van der Waals surface area contributed by atoms with Crippen molar-refractivity contribution >= 4 is 41.1 Å². The van der Waals surface area contributed by atoms with Gasteiger partial charge in [-0.15, -0.1) is 23.5 Å². The average Bonchev–Trinajstić information content (AvgIpc) is 2.94. The lowest BCUT2D eigenvalue weighted by Crippen LogP contribution is -2.67. The molecule has 0 amide bonds. The van der Waals surface area contributed by atoms with Crippen LogP contribution in [0.4, 0.5) is 4.39 Å². The van der Waals surface area contributed by atoms with Crippen LogP contribution in [0.15, 0.2) is 23.8 Å². The van der Waals surface area contributed by atoms with E-state index >= 15 is 4.39 Å². The van der Waals surface area contributed by atoms with Crippen molar-refractivity contribution in [3.8, 4) is 0 Å². The van der Waals surface area contributed by atoms with Crippen LogP contribution in [0.5, 0.6) is 0 Å². The van der Waals surface area contributed by atoms with Crippen LogP contribution in [0.1, 0.15) is 46.0 Å². The van der Waals surface area contributed by atoms with E-state index in [4.69, 9.17) is 0 Å². The summed E-state index contributed by atoms with van der Waals surface area (Å²) in [4.78, 5) is 11.9. The SMILES string of the molecule is CSCS[C@]1(SC)CC[C@H]2[C@@H]3CCC4=CC(=O)C=C[C@]4(C)[C@@]3(F)[C@@H](O)C[C@@]21C. The first-order valence-corrected chi connectivity index (χ1v) is 13.8. The van der Waals surface area contributed by atoms with Crippen LogP contribution in [-0.4, -0.2) is 44.3 Å². The van der Waals surface area contributed by atoms with Crippen LogP contribution in [0, 0.1) is 22.7 Å². The van der Waals surface area contributed by atoms with Gasteiger partial charge in [0.2, 0.25) is 0 Å². The fourth-order valence-corrected chi connectivity index (χ4v) is 10.9. The molecule has 0 bridgehead atoms. The van der Waals surface area contributed by atoms with Gasteiger partial charge >= 0.3 is 0 Å². The molecule has 0 aromatic heterocycles. The van der Waals surface area contributed by atoms with Crippen molar-refractivity contribution in [1.82, 2.24) is 0 Å².